The molecule has 4 nitrogen and oxygen atoms in total. The maximum absolute atomic E-state index is 11.3. The molecule has 1 aromatic heterocycles. The number of aromatic nitrogens is 1. The Hall–Kier alpha value is -1.42. The molecule has 94 valence electrons. The number of carbonyl (C=O) groups excluding carboxylic acids is 1. The standard InChI is InChI=1S/C13H21N3O/c1-11-6-4-7-12(15-11)10-14-9-5-8-13(17)16(2)3/h4,6-7,14H,5,8-10H2,1-3H3. The van der Waals surface area contributed by atoms with Gasteiger partial charge in [0.05, 0.1) is 5.69 Å². The van der Waals surface area contributed by atoms with Gasteiger partial charge in [-0.2, -0.15) is 0 Å². The third-order valence-electron chi connectivity index (χ3n) is 2.50. The fraction of sp³-hybridized carbons (Fsp3) is 0.538. The predicted molar refractivity (Wildman–Crippen MR) is 68.6 cm³/mol. The molecule has 0 bridgehead atoms. The Morgan fingerprint density at radius 3 is 2.82 bits per heavy atom. The van der Waals surface area contributed by atoms with Gasteiger partial charge in [-0.05, 0) is 32.0 Å². The Morgan fingerprint density at radius 1 is 1.41 bits per heavy atom. The number of hydrogen-bond acceptors (Lipinski definition) is 3. The van der Waals surface area contributed by atoms with Crippen molar-refractivity contribution < 1.29 is 4.79 Å². The van der Waals surface area contributed by atoms with Crippen LogP contribution in [0.1, 0.15) is 24.2 Å². The second-order valence-corrected chi connectivity index (χ2v) is 4.34. The van der Waals surface area contributed by atoms with Crippen LogP contribution in [-0.4, -0.2) is 36.4 Å². The van der Waals surface area contributed by atoms with E-state index >= 15 is 0 Å². The first-order valence-electron chi connectivity index (χ1n) is 5.93. The Balaban J connectivity index is 2.14. The van der Waals surface area contributed by atoms with Gasteiger partial charge in [-0.15, -0.1) is 0 Å². The Labute approximate surface area is 103 Å². The van der Waals surface area contributed by atoms with E-state index in [9.17, 15) is 4.79 Å². The number of amides is 1. The van der Waals surface area contributed by atoms with Crippen molar-refractivity contribution in [2.24, 2.45) is 0 Å². The maximum atomic E-state index is 11.3. The van der Waals surface area contributed by atoms with Crippen LogP contribution in [0.15, 0.2) is 18.2 Å². The van der Waals surface area contributed by atoms with Gasteiger partial charge in [0.15, 0.2) is 0 Å². The molecule has 1 heterocycles. The fourth-order valence-corrected chi connectivity index (χ4v) is 1.50. The highest BCUT2D eigenvalue weighted by molar-refractivity contribution is 5.75. The molecule has 0 radical (unpaired) electrons. The van der Waals surface area contributed by atoms with Gasteiger partial charge in [0.1, 0.15) is 0 Å². The van der Waals surface area contributed by atoms with Crippen LogP contribution in [0.3, 0.4) is 0 Å². The number of carbonyl (C=O) groups is 1. The second-order valence-electron chi connectivity index (χ2n) is 4.34. The van der Waals surface area contributed by atoms with E-state index in [2.05, 4.69) is 10.3 Å². The minimum absolute atomic E-state index is 0.181. The summed E-state index contributed by atoms with van der Waals surface area (Å²) in [6.07, 6.45) is 1.46. The summed E-state index contributed by atoms with van der Waals surface area (Å²) in [4.78, 5) is 17.3. The molecular weight excluding hydrogens is 214 g/mol. The summed E-state index contributed by atoms with van der Waals surface area (Å²) in [5, 5.41) is 3.29. The molecule has 0 spiro atoms. The minimum atomic E-state index is 0.181. The molecule has 0 fully saturated rings. The number of rotatable bonds is 6. The molecule has 0 atom stereocenters. The van der Waals surface area contributed by atoms with Crippen LogP contribution in [0, 0.1) is 6.92 Å². The van der Waals surface area contributed by atoms with E-state index in [1.54, 1.807) is 19.0 Å². The summed E-state index contributed by atoms with van der Waals surface area (Å²) in [5.41, 5.74) is 2.08. The number of pyridine rings is 1. The molecule has 0 aliphatic heterocycles. The quantitative estimate of drug-likeness (QED) is 0.757. The molecule has 17 heavy (non-hydrogen) atoms. The van der Waals surface area contributed by atoms with Crippen molar-refractivity contribution in [1.29, 1.82) is 0 Å². The smallest absolute Gasteiger partial charge is 0.222 e. The Bertz CT molecular complexity index is 363. The van der Waals surface area contributed by atoms with Crippen LogP contribution < -0.4 is 5.32 Å². The topological polar surface area (TPSA) is 45.2 Å². The van der Waals surface area contributed by atoms with Crippen molar-refractivity contribution >= 4 is 5.91 Å². The Kier molecular flexibility index (Phi) is 5.63. The number of nitrogens with zero attached hydrogens (tertiary/aromatic N) is 2. The minimum Gasteiger partial charge on any atom is -0.349 e. The van der Waals surface area contributed by atoms with Gasteiger partial charge in [-0.3, -0.25) is 9.78 Å². The molecule has 1 rings (SSSR count). The average Bonchev–Trinajstić information content (AvgIpc) is 2.28. The summed E-state index contributed by atoms with van der Waals surface area (Å²) in [6, 6.07) is 6.00. The summed E-state index contributed by atoms with van der Waals surface area (Å²) in [6.45, 7) is 3.59. The van der Waals surface area contributed by atoms with Crippen molar-refractivity contribution in [3.05, 3.63) is 29.6 Å². The fourth-order valence-electron chi connectivity index (χ4n) is 1.50. The summed E-state index contributed by atoms with van der Waals surface area (Å²) in [7, 11) is 3.57. The lowest BCUT2D eigenvalue weighted by Gasteiger charge is -2.10. The van der Waals surface area contributed by atoms with Gasteiger partial charge in [0, 0.05) is 32.8 Å². The zero-order chi connectivity index (χ0) is 12.7. The molecule has 0 aliphatic carbocycles. The van der Waals surface area contributed by atoms with Crippen LogP contribution in [-0.2, 0) is 11.3 Å². The van der Waals surface area contributed by atoms with Gasteiger partial charge in [-0.1, -0.05) is 6.07 Å². The highest BCUT2D eigenvalue weighted by Gasteiger charge is 2.02. The number of nitrogens with one attached hydrogen (secondary N) is 1. The lowest BCUT2D eigenvalue weighted by molar-refractivity contribution is -0.128. The third kappa shape index (κ3) is 5.45. The number of hydrogen-bond donors (Lipinski definition) is 1. The highest BCUT2D eigenvalue weighted by Crippen LogP contribution is 1.98. The van der Waals surface area contributed by atoms with Crippen molar-refractivity contribution in [3.63, 3.8) is 0 Å². The van der Waals surface area contributed by atoms with E-state index in [0.717, 1.165) is 30.9 Å². The van der Waals surface area contributed by atoms with Gasteiger partial charge < -0.3 is 10.2 Å². The van der Waals surface area contributed by atoms with Gasteiger partial charge >= 0.3 is 0 Å². The Morgan fingerprint density at radius 2 is 2.18 bits per heavy atom. The summed E-state index contributed by atoms with van der Waals surface area (Å²) in [5.74, 6) is 0.181. The molecule has 0 saturated carbocycles. The largest absolute Gasteiger partial charge is 0.349 e. The van der Waals surface area contributed by atoms with Crippen LogP contribution in [0.25, 0.3) is 0 Å². The SMILES string of the molecule is Cc1cccc(CNCCCC(=O)N(C)C)n1. The maximum Gasteiger partial charge on any atom is 0.222 e. The first-order chi connectivity index (χ1) is 8.09. The average molecular weight is 235 g/mol. The van der Waals surface area contributed by atoms with Gasteiger partial charge in [-0.25, -0.2) is 0 Å². The van der Waals surface area contributed by atoms with Crippen LogP contribution >= 0.6 is 0 Å². The van der Waals surface area contributed by atoms with Gasteiger partial charge in [0.2, 0.25) is 5.91 Å². The molecule has 0 aliphatic rings. The molecular formula is C13H21N3O. The van der Waals surface area contributed by atoms with Crippen molar-refractivity contribution in [3.8, 4) is 0 Å². The van der Waals surface area contributed by atoms with Crippen molar-refractivity contribution in [2.45, 2.75) is 26.3 Å². The zero-order valence-corrected chi connectivity index (χ0v) is 10.9. The molecule has 0 unspecified atom stereocenters. The summed E-state index contributed by atoms with van der Waals surface area (Å²) < 4.78 is 0. The van der Waals surface area contributed by atoms with Gasteiger partial charge in [0.25, 0.3) is 0 Å². The number of aryl methyl sites for hydroxylation is 1. The second kappa shape index (κ2) is 7.01. The predicted octanol–water partition coefficient (Wildman–Crippen LogP) is 1.35. The summed E-state index contributed by atoms with van der Waals surface area (Å²) >= 11 is 0. The first-order valence-corrected chi connectivity index (χ1v) is 5.93. The normalized spacial score (nSPS) is 10.3. The zero-order valence-electron chi connectivity index (χ0n) is 10.9. The van der Waals surface area contributed by atoms with Crippen molar-refractivity contribution in [1.82, 2.24) is 15.2 Å². The molecule has 1 amide bonds. The third-order valence-corrected chi connectivity index (χ3v) is 2.50. The van der Waals surface area contributed by atoms with E-state index in [1.165, 1.54) is 0 Å². The first kappa shape index (κ1) is 13.6. The molecule has 1 N–H and O–H groups in total. The molecule has 4 heteroatoms. The van der Waals surface area contributed by atoms with Crippen molar-refractivity contribution in [2.75, 3.05) is 20.6 Å². The lowest BCUT2D eigenvalue weighted by Crippen LogP contribution is -2.23. The van der Waals surface area contributed by atoms with E-state index in [4.69, 9.17) is 0 Å². The monoisotopic (exact) mass is 235 g/mol. The van der Waals surface area contributed by atoms with E-state index in [1.807, 2.05) is 25.1 Å². The highest BCUT2D eigenvalue weighted by atomic mass is 16.2. The molecule has 1 aromatic rings. The van der Waals surface area contributed by atoms with Crippen LogP contribution in [0.5, 0.6) is 0 Å². The van der Waals surface area contributed by atoms with E-state index < -0.39 is 0 Å². The van der Waals surface area contributed by atoms with E-state index in [-0.39, 0.29) is 5.91 Å². The van der Waals surface area contributed by atoms with Crippen LogP contribution in [0.2, 0.25) is 0 Å². The lowest BCUT2D eigenvalue weighted by atomic mass is 10.2. The van der Waals surface area contributed by atoms with Crippen LogP contribution in [0.4, 0.5) is 0 Å². The van der Waals surface area contributed by atoms with E-state index in [0.29, 0.717) is 6.42 Å². The molecule has 0 saturated heterocycles. The molecule has 0 aromatic carbocycles.